The van der Waals surface area contributed by atoms with Crippen LogP contribution in [0.25, 0.3) is 33.5 Å². The van der Waals surface area contributed by atoms with Crippen molar-refractivity contribution in [3.8, 4) is 28.5 Å². The van der Waals surface area contributed by atoms with E-state index in [9.17, 15) is 19.7 Å². The van der Waals surface area contributed by atoms with E-state index in [2.05, 4.69) is 30.4 Å². The Balaban J connectivity index is 1.05. The van der Waals surface area contributed by atoms with Gasteiger partial charge in [-0.25, -0.2) is 14.7 Å². The highest BCUT2D eigenvalue weighted by Crippen LogP contribution is 2.33. The number of carbonyl (C=O) groups excluding carboxylic acids is 2. The molecule has 1 unspecified atom stereocenters. The van der Waals surface area contributed by atoms with Crippen LogP contribution in [-0.4, -0.2) is 97.9 Å². The summed E-state index contributed by atoms with van der Waals surface area (Å²) in [7, 11) is 0. The summed E-state index contributed by atoms with van der Waals surface area (Å²) < 4.78 is 34.6. The van der Waals surface area contributed by atoms with E-state index in [-0.39, 0.29) is 18.8 Å². The minimum atomic E-state index is -1.35. The van der Waals surface area contributed by atoms with Gasteiger partial charge in [-0.05, 0) is 46.2 Å². The zero-order valence-corrected chi connectivity index (χ0v) is 27.2. The predicted octanol–water partition coefficient (Wildman–Crippen LogP) is 3.73. The number of nitrogens with one attached hydrogen (secondary N) is 1. The molecule has 0 saturated carbocycles. The van der Waals surface area contributed by atoms with Crippen LogP contribution in [-0.2, 0) is 35.1 Å². The number of benzene rings is 3. The zero-order chi connectivity index (χ0) is 35.5. The molecule has 4 heterocycles. The summed E-state index contributed by atoms with van der Waals surface area (Å²) in [5.41, 5.74) is 4.79. The van der Waals surface area contributed by atoms with Crippen molar-refractivity contribution in [2.75, 3.05) is 19.8 Å². The van der Waals surface area contributed by atoms with E-state index in [0.717, 1.165) is 22.3 Å². The molecule has 2 fully saturated rings. The van der Waals surface area contributed by atoms with Gasteiger partial charge in [-0.15, -0.1) is 15.2 Å². The number of hydrogen-bond acceptors (Lipinski definition) is 15. The number of ether oxygens (including phenoxy) is 6. The van der Waals surface area contributed by atoms with Crippen LogP contribution in [0.4, 0.5) is 4.79 Å². The average molecular weight is 702 g/mol. The molecular weight excluding hydrogens is 670 g/mol. The fourth-order valence-corrected chi connectivity index (χ4v) is 6.16. The number of rotatable bonds is 12. The standard InChI is InChI=1S/C33H31N7O11/c1-3-45-32-34-24-10-6-9-23(31(41)48-18(2)49-33(42)50-25-16-46-29-26(51-40(43)44)17-47-28(25)29)27(24)39(32)15-19-11-13-20(14-12-19)21-7-4-5-8-22(21)30-35-37-38-36-30/h4-14,18,25-26,28-29H,3,15-17H2,1-2H3,(H,35,36,37,38)/t18?,25-,26+,28+,29+/m0/s1. The fourth-order valence-electron chi connectivity index (χ4n) is 6.16. The van der Waals surface area contributed by atoms with Crippen molar-refractivity contribution >= 4 is 23.2 Å². The smallest absolute Gasteiger partial charge is 0.465 e. The van der Waals surface area contributed by atoms with Gasteiger partial charge in [-0.3, -0.25) is 4.57 Å². The number of nitrogens with zero attached hydrogens (tertiary/aromatic N) is 6. The quantitative estimate of drug-likeness (QED) is 0.0849. The van der Waals surface area contributed by atoms with E-state index in [4.69, 9.17) is 28.4 Å². The third kappa shape index (κ3) is 6.99. The summed E-state index contributed by atoms with van der Waals surface area (Å²) in [4.78, 5) is 46.0. The van der Waals surface area contributed by atoms with Gasteiger partial charge in [0.25, 0.3) is 11.1 Å². The maximum atomic E-state index is 13.5. The molecule has 2 aliphatic heterocycles. The van der Waals surface area contributed by atoms with Crippen LogP contribution < -0.4 is 4.74 Å². The maximum Gasteiger partial charge on any atom is 0.511 e. The third-order valence-corrected chi connectivity index (χ3v) is 8.32. The molecule has 51 heavy (non-hydrogen) atoms. The molecule has 0 spiro atoms. The number of carbonyl (C=O) groups is 2. The number of H-pyrrole nitrogens is 1. The van der Waals surface area contributed by atoms with Gasteiger partial charge in [0.05, 0.1) is 43.0 Å². The van der Waals surface area contributed by atoms with Crippen LogP contribution in [0.1, 0.15) is 29.8 Å². The first-order valence-corrected chi connectivity index (χ1v) is 16.0. The van der Waals surface area contributed by atoms with Crippen molar-refractivity contribution in [3.63, 3.8) is 0 Å². The van der Waals surface area contributed by atoms with Crippen molar-refractivity contribution in [2.45, 2.75) is 51.1 Å². The second kappa shape index (κ2) is 14.4. The number of tetrazole rings is 1. The molecule has 0 radical (unpaired) electrons. The van der Waals surface area contributed by atoms with Gasteiger partial charge in [-0.1, -0.05) is 54.6 Å². The molecule has 3 aromatic carbocycles. The normalized spacial score (nSPS) is 20.0. The van der Waals surface area contributed by atoms with Crippen LogP contribution in [0.15, 0.2) is 66.7 Å². The molecule has 1 N–H and O–H groups in total. The third-order valence-electron chi connectivity index (χ3n) is 8.32. The fraction of sp³-hybridized carbons (Fsp3) is 0.333. The number of hydrogen-bond donors (Lipinski definition) is 1. The topological polar surface area (TPSA) is 214 Å². The minimum Gasteiger partial charge on any atom is -0.465 e. The van der Waals surface area contributed by atoms with E-state index < -0.39 is 47.9 Å². The van der Waals surface area contributed by atoms with Crippen molar-refractivity contribution < 1.29 is 47.9 Å². The minimum absolute atomic E-state index is 0.0826. The summed E-state index contributed by atoms with van der Waals surface area (Å²) in [5, 5.41) is 24.0. The number of fused-ring (bicyclic) bond motifs is 2. The molecule has 264 valence electrons. The van der Waals surface area contributed by atoms with Crippen LogP contribution in [0.3, 0.4) is 0 Å². The molecule has 0 bridgehead atoms. The van der Waals surface area contributed by atoms with Crippen LogP contribution in [0.5, 0.6) is 6.01 Å². The van der Waals surface area contributed by atoms with Gasteiger partial charge in [0.15, 0.2) is 18.0 Å². The van der Waals surface area contributed by atoms with E-state index in [1.54, 1.807) is 22.8 Å². The molecule has 2 aromatic heterocycles. The van der Waals surface area contributed by atoms with E-state index in [1.165, 1.54) is 6.92 Å². The summed E-state index contributed by atoms with van der Waals surface area (Å²) in [6.45, 7) is 3.66. The Morgan fingerprint density at radius 1 is 1.00 bits per heavy atom. The highest BCUT2D eigenvalue weighted by molar-refractivity contribution is 6.02. The Kier molecular flexibility index (Phi) is 9.40. The van der Waals surface area contributed by atoms with E-state index in [0.29, 0.717) is 36.0 Å². The van der Waals surface area contributed by atoms with Gasteiger partial charge < -0.3 is 33.3 Å². The second-order valence-corrected chi connectivity index (χ2v) is 11.5. The van der Waals surface area contributed by atoms with Crippen molar-refractivity contribution in [1.82, 2.24) is 30.2 Å². The number of aromatic nitrogens is 6. The first-order valence-electron chi connectivity index (χ1n) is 16.0. The molecule has 5 aromatic rings. The molecule has 2 aliphatic rings. The average Bonchev–Trinajstić information content (AvgIpc) is 3.92. The lowest BCUT2D eigenvalue weighted by Gasteiger charge is -2.19. The second-order valence-electron chi connectivity index (χ2n) is 11.5. The van der Waals surface area contributed by atoms with Crippen LogP contribution >= 0.6 is 0 Å². The van der Waals surface area contributed by atoms with Crippen LogP contribution in [0.2, 0.25) is 0 Å². The summed E-state index contributed by atoms with van der Waals surface area (Å²) in [5.74, 6) is -0.222. The maximum absolute atomic E-state index is 13.5. The molecule has 7 rings (SSSR count). The number of imidazole rings is 1. The molecular formula is C33H31N7O11. The highest BCUT2D eigenvalue weighted by atomic mass is 17.0. The van der Waals surface area contributed by atoms with Crippen molar-refractivity contribution in [3.05, 3.63) is 88.0 Å². The molecule has 5 atom stereocenters. The Labute approximate surface area is 288 Å². The lowest BCUT2D eigenvalue weighted by Crippen LogP contribution is -2.36. The highest BCUT2D eigenvalue weighted by Gasteiger charge is 2.51. The summed E-state index contributed by atoms with van der Waals surface area (Å²) in [6, 6.07) is 21.0. The lowest BCUT2D eigenvalue weighted by molar-refractivity contribution is -0.769. The predicted molar refractivity (Wildman–Crippen MR) is 173 cm³/mol. The number of para-hydroxylation sites is 1. The van der Waals surface area contributed by atoms with Gasteiger partial charge in [0.1, 0.15) is 12.2 Å². The Bertz CT molecular complexity index is 2040. The number of aromatic amines is 1. The SMILES string of the molecule is CCOc1nc2cccc(C(=O)OC(C)OC(=O)O[C@H]3CO[C@H]4[C@@H]3OC[C@H]4O[N+](=O)[O-])c2n1Cc1ccc(-c2ccccc2-c2nnn[nH]2)cc1. The van der Waals surface area contributed by atoms with Gasteiger partial charge in [-0.2, -0.15) is 4.98 Å². The first-order chi connectivity index (χ1) is 24.8. The molecule has 18 nitrogen and oxygen atoms in total. The van der Waals surface area contributed by atoms with E-state index >= 15 is 0 Å². The van der Waals surface area contributed by atoms with Crippen molar-refractivity contribution in [2.24, 2.45) is 0 Å². The Hall–Kier alpha value is -6.14. The molecule has 2 saturated heterocycles. The Morgan fingerprint density at radius 2 is 1.75 bits per heavy atom. The zero-order valence-electron chi connectivity index (χ0n) is 27.2. The summed E-state index contributed by atoms with van der Waals surface area (Å²) >= 11 is 0. The summed E-state index contributed by atoms with van der Waals surface area (Å²) in [6.07, 6.45) is -5.90. The molecule has 18 heteroatoms. The van der Waals surface area contributed by atoms with E-state index in [1.807, 2.05) is 55.5 Å². The number of esters is 1. The van der Waals surface area contributed by atoms with Gasteiger partial charge in [0.2, 0.25) is 6.29 Å². The lowest BCUT2D eigenvalue weighted by atomic mass is 9.98. The van der Waals surface area contributed by atoms with Crippen molar-refractivity contribution in [1.29, 1.82) is 0 Å². The largest absolute Gasteiger partial charge is 0.511 e. The van der Waals surface area contributed by atoms with Gasteiger partial charge in [0, 0.05) is 12.5 Å². The van der Waals surface area contributed by atoms with Crippen LogP contribution in [0, 0.1) is 10.1 Å². The molecule has 0 aliphatic carbocycles. The first kappa shape index (κ1) is 33.4. The Morgan fingerprint density at radius 3 is 2.47 bits per heavy atom. The van der Waals surface area contributed by atoms with Gasteiger partial charge >= 0.3 is 12.1 Å². The monoisotopic (exact) mass is 701 g/mol. The molecule has 0 amide bonds.